The predicted octanol–water partition coefficient (Wildman–Crippen LogP) is 3.37. The van der Waals surface area contributed by atoms with Crippen molar-refractivity contribution in [3.63, 3.8) is 0 Å². The van der Waals surface area contributed by atoms with Gasteiger partial charge in [-0.15, -0.1) is 0 Å². The molecule has 1 aromatic carbocycles. The monoisotopic (exact) mass is 317 g/mol. The number of hydrogen-bond acceptors (Lipinski definition) is 2. The van der Waals surface area contributed by atoms with E-state index in [4.69, 9.17) is 0 Å². The highest BCUT2D eigenvalue weighted by Gasteiger charge is 2.46. The van der Waals surface area contributed by atoms with Crippen LogP contribution in [-0.4, -0.2) is 34.7 Å². The van der Waals surface area contributed by atoms with Crippen molar-refractivity contribution in [2.45, 2.75) is 56.0 Å². The van der Waals surface area contributed by atoms with Crippen LogP contribution in [0.15, 0.2) is 18.2 Å². The number of fused-ring (bicyclic) bond motifs is 2. The topological polar surface area (TPSA) is 23.5 Å². The van der Waals surface area contributed by atoms with Crippen LogP contribution in [0, 0.1) is 5.82 Å². The van der Waals surface area contributed by atoms with Crippen LogP contribution < -0.4 is 0 Å². The molecule has 0 saturated carbocycles. The van der Waals surface area contributed by atoms with Gasteiger partial charge in [-0.25, -0.2) is 4.39 Å². The van der Waals surface area contributed by atoms with E-state index in [1.165, 1.54) is 6.07 Å². The second-order valence-electron chi connectivity index (χ2n) is 6.67. The van der Waals surface area contributed by atoms with Crippen molar-refractivity contribution >= 4 is 0 Å². The number of alkyl halides is 3. The predicted molar refractivity (Wildman–Crippen MR) is 73.9 cm³/mol. The van der Waals surface area contributed by atoms with E-state index in [-0.39, 0.29) is 18.5 Å². The standard InChI is InChI=1S/C16H19F4NO/c1-21-11-3-4-12(21)9-15(22,8-11)7-10-2-5-14(17)13(6-10)16(18,19)20/h2,5-6,11-12,22H,3-4,7-9H2,1H3. The van der Waals surface area contributed by atoms with Crippen molar-refractivity contribution in [3.8, 4) is 0 Å². The molecule has 0 radical (unpaired) electrons. The smallest absolute Gasteiger partial charge is 0.389 e. The summed E-state index contributed by atoms with van der Waals surface area (Å²) in [5, 5.41) is 10.8. The van der Waals surface area contributed by atoms with Crippen LogP contribution in [0.4, 0.5) is 17.6 Å². The van der Waals surface area contributed by atoms with Crippen molar-refractivity contribution in [2.75, 3.05) is 7.05 Å². The van der Waals surface area contributed by atoms with Crippen molar-refractivity contribution in [1.29, 1.82) is 0 Å². The van der Waals surface area contributed by atoms with Crippen LogP contribution in [0.25, 0.3) is 0 Å². The van der Waals surface area contributed by atoms with Gasteiger partial charge in [0.25, 0.3) is 0 Å². The van der Waals surface area contributed by atoms with Crippen LogP contribution in [0.3, 0.4) is 0 Å². The number of rotatable bonds is 2. The van der Waals surface area contributed by atoms with Gasteiger partial charge in [0.05, 0.1) is 11.2 Å². The summed E-state index contributed by atoms with van der Waals surface area (Å²) in [6, 6.07) is 3.57. The van der Waals surface area contributed by atoms with Crippen LogP contribution in [0.5, 0.6) is 0 Å². The Morgan fingerprint density at radius 2 is 1.82 bits per heavy atom. The molecule has 1 aromatic rings. The van der Waals surface area contributed by atoms with Crippen LogP contribution in [0.2, 0.25) is 0 Å². The fourth-order valence-corrected chi connectivity index (χ4v) is 3.97. The van der Waals surface area contributed by atoms with Gasteiger partial charge < -0.3 is 10.0 Å². The Bertz CT molecular complexity index is 558. The summed E-state index contributed by atoms with van der Waals surface area (Å²) in [4.78, 5) is 2.25. The molecule has 3 rings (SSSR count). The zero-order valence-electron chi connectivity index (χ0n) is 12.3. The molecule has 0 aliphatic carbocycles. The Kier molecular flexibility index (Phi) is 3.72. The summed E-state index contributed by atoms with van der Waals surface area (Å²) in [6.07, 6.45) is -1.44. The van der Waals surface area contributed by atoms with E-state index in [2.05, 4.69) is 4.90 Å². The highest BCUT2D eigenvalue weighted by molar-refractivity contribution is 5.29. The lowest BCUT2D eigenvalue weighted by Crippen LogP contribution is -2.50. The van der Waals surface area contributed by atoms with E-state index in [9.17, 15) is 22.7 Å². The summed E-state index contributed by atoms with van der Waals surface area (Å²) in [5.41, 5.74) is -1.93. The number of nitrogens with zero attached hydrogens (tertiary/aromatic N) is 1. The van der Waals surface area contributed by atoms with E-state index in [1.54, 1.807) is 0 Å². The van der Waals surface area contributed by atoms with Gasteiger partial charge in [0.1, 0.15) is 5.82 Å². The van der Waals surface area contributed by atoms with E-state index in [0.717, 1.165) is 25.0 Å². The molecule has 2 aliphatic rings. The van der Waals surface area contributed by atoms with Crippen molar-refractivity contribution in [3.05, 3.63) is 35.1 Å². The minimum Gasteiger partial charge on any atom is -0.389 e. The number of aliphatic hydroxyl groups is 1. The molecule has 2 aliphatic heterocycles. The second kappa shape index (κ2) is 5.20. The summed E-state index contributed by atoms with van der Waals surface area (Å²) >= 11 is 0. The summed E-state index contributed by atoms with van der Waals surface area (Å²) < 4.78 is 51.7. The molecule has 2 heterocycles. The van der Waals surface area contributed by atoms with Gasteiger partial charge in [-0.05, 0) is 50.4 Å². The molecule has 2 bridgehead atoms. The Balaban J connectivity index is 1.82. The Hall–Kier alpha value is -1.14. The molecular weight excluding hydrogens is 298 g/mol. The molecule has 0 spiro atoms. The first-order chi connectivity index (χ1) is 10.2. The highest BCUT2D eigenvalue weighted by Crippen LogP contribution is 2.41. The molecule has 22 heavy (non-hydrogen) atoms. The number of halogens is 4. The zero-order valence-corrected chi connectivity index (χ0v) is 12.3. The largest absolute Gasteiger partial charge is 0.419 e. The Morgan fingerprint density at radius 3 is 2.36 bits per heavy atom. The average Bonchev–Trinajstić information content (AvgIpc) is 2.63. The molecule has 2 saturated heterocycles. The first-order valence-corrected chi connectivity index (χ1v) is 7.48. The van der Waals surface area contributed by atoms with E-state index in [0.29, 0.717) is 18.4 Å². The third kappa shape index (κ3) is 2.86. The first-order valence-electron chi connectivity index (χ1n) is 7.48. The van der Waals surface area contributed by atoms with Gasteiger partial charge in [-0.1, -0.05) is 6.07 Å². The maximum Gasteiger partial charge on any atom is 0.419 e. The van der Waals surface area contributed by atoms with Crippen molar-refractivity contribution in [2.24, 2.45) is 0 Å². The van der Waals surface area contributed by atoms with Gasteiger partial charge in [0.2, 0.25) is 0 Å². The molecule has 2 unspecified atom stereocenters. The molecule has 0 aromatic heterocycles. The maximum absolute atomic E-state index is 13.3. The van der Waals surface area contributed by atoms with Crippen molar-refractivity contribution in [1.82, 2.24) is 4.90 Å². The third-order valence-electron chi connectivity index (χ3n) is 5.09. The lowest BCUT2D eigenvalue weighted by molar-refractivity contribution is -0.140. The maximum atomic E-state index is 13.3. The molecule has 6 heteroatoms. The first kappa shape index (κ1) is 15.7. The zero-order chi connectivity index (χ0) is 16.1. The van der Waals surface area contributed by atoms with Gasteiger partial charge in [-0.3, -0.25) is 0 Å². The normalized spacial score (nSPS) is 32.5. The van der Waals surface area contributed by atoms with E-state index in [1.807, 2.05) is 7.05 Å². The molecule has 1 N–H and O–H groups in total. The minimum absolute atomic E-state index is 0.136. The third-order valence-corrected chi connectivity index (χ3v) is 5.09. The number of hydrogen-bond donors (Lipinski definition) is 1. The molecule has 122 valence electrons. The lowest BCUT2D eigenvalue weighted by atomic mass is 9.81. The molecule has 2 fully saturated rings. The average molecular weight is 317 g/mol. The van der Waals surface area contributed by atoms with E-state index >= 15 is 0 Å². The fraction of sp³-hybridized carbons (Fsp3) is 0.625. The summed E-state index contributed by atoms with van der Waals surface area (Å²) in [7, 11) is 2.03. The van der Waals surface area contributed by atoms with Crippen LogP contribution >= 0.6 is 0 Å². The Morgan fingerprint density at radius 1 is 1.23 bits per heavy atom. The molecule has 2 nitrogen and oxygen atoms in total. The molecule has 0 amide bonds. The summed E-state index contributed by atoms with van der Waals surface area (Å²) in [5.74, 6) is -1.27. The van der Waals surface area contributed by atoms with Crippen molar-refractivity contribution < 1.29 is 22.7 Å². The molecule has 2 atom stereocenters. The van der Waals surface area contributed by atoms with Gasteiger partial charge in [0.15, 0.2) is 0 Å². The quantitative estimate of drug-likeness (QED) is 0.846. The SMILES string of the molecule is CN1C2CCC1CC(O)(Cc1ccc(F)c(C(F)(F)F)c1)C2. The molecular formula is C16H19F4NO. The van der Waals surface area contributed by atoms with Gasteiger partial charge in [-0.2, -0.15) is 13.2 Å². The van der Waals surface area contributed by atoms with Crippen LogP contribution in [0.1, 0.15) is 36.8 Å². The summed E-state index contributed by atoms with van der Waals surface area (Å²) in [6.45, 7) is 0. The fourth-order valence-electron chi connectivity index (χ4n) is 3.97. The van der Waals surface area contributed by atoms with E-state index < -0.39 is 23.2 Å². The second-order valence-corrected chi connectivity index (χ2v) is 6.67. The highest BCUT2D eigenvalue weighted by atomic mass is 19.4. The number of piperidine rings is 1. The van der Waals surface area contributed by atoms with Gasteiger partial charge in [0, 0.05) is 18.5 Å². The minimum atomic E-state index is -4.71. The number of benzene rings is 1. The lowest BCUT2D eigenvalue weighted by Gasteiger charge is -2.42. The van der Waals surface area contributed by atoms with Gasteiger partial charge >= 0.3 is 6.18 Å². The Labute approximate surface area is 126 Å². The van der Waals surface area contributed by atoms with Crippen LogP contribution in [-0.2, 0) is 12.6 Å².